The zero-order valence-corrected chi connectivity index (χ0v) is 11.1. The highest BCUT2D eigenvalue weighted by atomic mass is 16.6. The van der Waals surface area contributed by atoms with E-state index in [0.29, 0.717) is 0 Å². The molecular weight excluding hydrogens is 252 g/mol. The Kier molecular flexibility index (Phi) is 5.40. The molecule has 19 heavy (non-hydrogen) atoms. The Morgan fingerprint density at radius 2 is 2.37 bits per heavy atom. The molecule has 0 saturated carbocycles. The van der Waals surface area contributed by atoms with E-state index in [1.807, 2.05) is 13.8 Å². The number of hydrogen-bond acceptors (Lipinski definition) is 6. The van der Waals surface area contributed by atoms with Gasteiger partial charge in [0.2, 0.25) is 0 Å². The first-order valence-electron chi connectivity index (χ1n) is 6.11. The molecule has 8 heteroatoms. The van der Waals surface area contributed by atoms with Gasteiger partial charge < -0.3 is 15.5 Å². The second-order valence-electron chi connectivity index (χ2n) is 4.78. The summed E-state index contributed by atoms with van der Waals surface area (Å²) in [5, 5.41) is 36.4. The van der Waals surface area contributed by atoms with Crippen molar-refractivity contribution in [2.24, 2.45) is 0 Å². The number of nitrogens with zero attached hydrogens (tertiary/aromatic N) is 3. The number of aliphatic hydroxyl groups is 2. The van der Waals surface area contributed by atoms with Crippen molar-refractivity contribution in [3.8, 4) is 0 Å². The van der Waals surface area contributed by atoms with E-state index < -0.39 is 16.6 Å². The molecule has 108 valence electrons. The topological polar surface area (TPSA) is 113 Å². The smallest absolute Gasteiger partial charge is 0.306 e. The Labute approximate surface area is 111 Å². The van der Waals surface area contributed by atoms with Crippen LogP contribution in [0.1, 0.15) is 20.3 Å². The molecule has 0 aliphatic heterocycles. The van der Waals surface area contributed by atoms with Gasteiger partial charge in [-0.05, 0) is 13.3 Å². The Balaban J connectivity index is 2.46. The summed E-state index contributed by atoms with van der Waals surface area (Å²) in [6.45, 7) is 4.21. The molecule has 1 aromatic rings. The molecular formula is C11H20N4O4. The largest absolute Gasteiger partial charge is 0.394 e. The van der Waals surface area contributed by atoms with Gasteiger partial charge in [-0.25, -0.2) is 0 Å². The van der Waals surface area contributed by atoms with Crippen molar-refractivity contribution < 1.29 is 15.1 Å². The highest BCUT2D eigenvalue weighted by Gasteiger charge is 2.21. The molecule has 2 unspecified atom stereocenters. The quantitative estimate of drug-likeness (QED) is 0.450. The van der Waals surface area contributed by atoms with Crippen molar-refractivity contribution in [3.63, 3.8) is 0 Å². The van der Waals surface area contributed by atoms with E-state index in [2.05, 4.69) is 10.4 Å². The molecule has 1 rings (SSSR count). The van der Waals surface area contributed by atoms with Gasteiger partial charge in [-0.1, -0.05) is 6.92 Å². The molecule has 2 atom stereocenters. The minimum Gasteiger partial charge on any atom is -0.394 e. The van der Waals surface area contributed by atoms with Crippen LogP contribution in [0.3, 0.4) is 0 Å². The molecule has 0 aliphatic carbocycles. The van der Waals surface area contributed by atoms with Crippen LogP contribution in [0.4, 0.5) is 5.69 Å². The second kappa shape index (κ2) is 6.60. The monoisotopic (exact) mass is 272 g/mol. The predicted molar refractivity (Wildman–Crippen MR) is 68.7 cm³/mol. The molecule has 1 aromatic heterocycles. The lowest BCUT2D eigenvalue weighted by Gasteiger charge is -2.28. The SMILES string of the molecule is CCC(C)(CO)NCC(O)Cn1cc([N+](=O)[O-])cn1. The molecule has 0 fully saturated rings. The molecule has 0 amide bonds. The Bertz CT molecular complexity index is 417. The van der Waals surface area contributed by atoms with Crippen molar-refractivity contribution in [1.29, 1.82) is 0 Å². The Morgan fingerprint density at radius 1 is 1.68 bits per heavy atom. The Hall–Kier alpha value is -1.51. The molecule has 0 radical (unpaired) electrons. The van der Waals surface area contributed by atoms with E-state index in [4.69, 9.17) is 0 Å². The van der Waals surface area contributed by atoms with Gasteiger partial charge in [-0.15, -0.1) is 0 Å². The number of aromatic nitrogens is 2. The highest BCUT2D eigenvalue weighted by molar-refractivity contribution is 5.20. The minimum absolute atomic E-state index is 0.0243. The lowest BCUT2D eigenvalue weighted by molar-refractivity contribution is -0.385. The average Bonchev–Trinajstić information content (AvgIpc) is 2.84. The molecule has 0 aromatic carbocycles. The van der Waals surface area contributed by atoms with Crippen molar-refractivity contribution in [1.82, 2.24) is 15.1 Å². The van der Waals surface area contributed by atoms with E-state index in [1.54, 1.807) is 0 Å². The molecule has 3 N–H and O–H groups in total. The van der Waals surface area contributed by atoms with Crippen molar-refractivity contribution >= 4 is 5.69 Å². The number of aliphatic hydroxyl groups excluding tert-OH is 2. The van der Waals surface area contributed by atoms with Gasteiger partial charge in [0.25, 0.3) is 0 Å². The summed E-state index contributed by atoms with van der Waals surface area (Å²) < 4.78 is 1.33. The van der Waals surface area contributed by atoms with Gasteiger partial charge in [-0.2, -0.15) is 5.10 Å². The highest BCUT2D eigenvalue weighted by Crippen LogP contribution is 2.09. The summed E-state index contributed by atoms with van der Waals surface area (Å²) in [6.07, 6.45) is 2.40. The normalized spacial score (nSPS) is 16.0. The first-order chi connectivity index (χ1) is 8.90. The first kappa shape index (κ1) is 15.5. The fourth-order valence-corrected chi connectivity index (χ4v) is 1.48. The van der Waals surface area contributed by atoms with Crippen LogP contribution < -0.4 is 5.32 Å². The van der Waals surface area contributed by atoms with E-state index in [9.17, 15) is 20.3 Å². The maximum absolute atomic E-state index is 10.5. The van der Waals surface area contributed by atoms with Crippen molar-refractivity contribution in [2.45, 2.75) is 38.5 Å². The van der Waals surface area contributed by atoms with Crippen LogP contribution in [-0.2, 0) is 6.54 Å². The van der Waals surface area contributed by atoms with Crippen LogP contribution in [0, 0.1) is 10.1 Å². The molecule has 0 saturated heterocycles. The summed E-state index contributed by atoms with van der Waals surface area (Å²) in [5.41, 5.74) is -0.536. The van der Waals surface area contributed by atoms with Crippen LogP contribution >= 0.6 is 0 Å². The van der Waals surface area contributed by atoms with E-state index in [-0.39, 0.29) is 25.4 Å². The molecule has 1 heterocycles. The molecule has 0 aliphatic rings. The standard InChI is InChI=1S/C11H20N4O4/c1-3-11(2,8-16)12-5-10(17)7-14-6-9(4-13-14)15(18)19/h4,6,10,12,16-17H,3,5,7-8H2,1-2H3. The summed E-state index contributed by atoms with van der Waals surface area (Å²) in [7, 11) is 0. The van der Waals surface area contributed by atoms with Crippen LogP contribution in [0.2, 0.25) is 0 Å². The molecule has 0 bridgehead atoms. The predicted octanol–water partition coefficient (Wildman–Crippen LogP) is -0.0972. The number of nitro groups is 1. The van der Waals surface area contributed by atoms with Crippen LogP contribution in [0.25, 0.3) is 0 Å². The number of nitrogens with one attached hydrogen (secondary N) is 1. The second-order valence-corrected chi connectivity index (χ2v) is 4.78. The van der Waals surface area contributed by atoms with Crippen LogP contribution in [0.5, 0.6) is 0 Å². The third kappa shape index (κ3) is 4.58. The van der Waals surface area contributed by atoms with Gasteiger partial charge in [0, 0.05) is 12.1 Å². The zero-order chi connectivity index (χ0) is 14.5. The maximum Gasteiger partial charge on any atom is 0.306 e. The van der Waals surface area contributed by atoms with Gasteiger partial charge in [0.1, 0.15) is 12.4 Å². The summed E-state index contributed by atoms with van der Waals surface area (Å²) in [6, 6.07) is 0. The third-order valence-corrected chi connectivity index (χ3v) is 3.12. The average molecular weight is 272 g/mol. The zero-order valence-electron chi connectivity index (χ0n) is 11.1. The van der Waals surface area contributed by atoms with Gasteiger partial charge in [-0.3, -0.25) is 14.8 Å². The summed E-state index contributed by atoms with van der Waals surface area (Å²) >= 11 is 0. The number of β-amino-alcohol motifs (C(OH)–C–C–N with tert-alkyl or cyclic N) is 1. The lowest BCUT2D eigenvalue weighted by atomic mass is 10.00. The first-order valence-corrected chi connectivity index (χ1v) is 6.11. The third-order valence-electron chi connectivity index (χ3n) is 3.12. The molecule has 0 spiro atoms. The van der Waals surface area contributed by atoms with Crippen molar-refractivity contribution in [3.05, 3.63) is 22.5 Å². The van der Waals surface area contributed by atoms with Gasteiger partial charge >= 0.3 is 5.69 Å². The number of hydrogen-bond donors (Lipinski definition) is 3. The summed E-state index contributed by atoms with van der Waals surface area (Å²) in [5.74, 6) is 0. The van der Waals surface area contributed by atoms with Crippen molar-refractivity contribution in [2.75, 3.05) is 13.2 Å². The van der Waals surface area contributed by atoms with Gasteiger partial charge in [0.15, 0.2) is 0 Å². The Morgan fingerprint density at radius 3 is 2.84 bits per heavy atom. The lowest BCUT2D eigenvalue weighted by Crippen LogP contribution is -2.48. The molecule has 8 nitrogen and oxygen atoms in total. The van der Waals surface area contributed by atoms with Gasteiger partial charge in [0.05, 0.1) is 24.2 Å². The fraction of sp³-hybridized carbons (Fsp3) is 0.727. The fourth-order valence-electron chi connectivity index (χ4n) is 1.48. The van der Waals surface area contributed by atoms with Crippen LogP contribution in [0.15, 0.2) is 12.4 Å². The van der Waals surface area contributed by atoms with Crippen LogP contribution in [-0.4, -0.2) is 49.7 Å². The van der Waals surface area contributed by atoms with E-state index in [0.717, 1.165) is 12.6 Å². The maximum atomic E-state index is 10.5. The minimum atomic E-state index is -0.739. The van der Waals surface area contributed by atoms with E-state index in [1.165, 1.54) is 10.9 Å². The van der Waals surface area contributed by atoms with E-state index >= 15 is 0 Å². The summed E-state index contributed by atoms with van der Waals surface area (Å²) in [4.78, 5) is 9.95. The number of rotatable bonds is 8.